The highest BCUT2D eigenvalue weighted by Crippen LogP contribution is 2.26. The first kappa shape index (κ1) is 9.92. The summed E-state index contributed by atoms with van der Waals surface area (Å²) in [5.74, 6) is 0. The number of H-pyrrole nitrogens is 1. The molecule has 0 saturated carbocycles. The summed E-state index contributed by atoms with van der Waals surface area (Å²) >= 11 is 0. The van der Waals surface area contributed by atoms with Gasteiger partial charge in [0, 0.05) is 7.11 Å². The molecule has 80 valence electrons. The Labute approximate surface area is 86.8 Å². The third-order valence-electron chi connectivity index (χ3n) is 2.39. The van der Waals surface area contributed by atoms with Crippen LogP contribution in [-0.4, -0.2) is 24.2 Å². The predicted molar refractivity (Wildman–Crippen MR) is 54.8 cm³/mol. The molecule has 1 aliphatic rings. The van der Waals surface area contributed by atoms with Gasteiger partial charge in [-0.25, -0.2) is 0 Å². The first-order chi connectivity index (χ1) is 7.26. The second kappa shape index (κ2) is 3.86. The summed E-state index contributed by atoms with van der Waals surface area (Å²) in [5, 5.41) is 0. The maximum absolute atomic E-state index is 11.7. The molecular weight excluding hydrogens is 196 g/mol. The molecule has 2 rings (SSSR count). The number of ether oxygens (including phenoxy) is 2. The molecule has 0 amide bonds. The van der Waals surface area contributed by atoms with E-state index in [-0.39, 0.29) is 17.7 Å². The number of nitrogens with zero attached hydrogens (tertiary/aromatic N) is 1. The second-order valence-corrected chi connectivity index (χ2v) is 3.24. The molecule has 1 aliphatic carbocycles. The number of aromatic amines is 1. The summed E-state index contributed by atoms with van der Waals surface area (Å²) in [6.07, 6.45) is 4.22. The van der Waals surface area contributed by atoms with Crippen LogP contribution in [0.4, 0.5) is 0 Å². The van der Waals surface area contributed by atoms with E-state index in [0.29, 0.717) is 17.7 Å². The number of hydrogen-bond acceptors (Lipinski definition) is 4. The first-order valence-corrected chi connectivity index (χ1v) is 4.63. The van der Waals surface area contributed by atoms with E-state index in [2.05, 4.69) is 9.97 Å². The molecule has 0 bridgehead atoms. The molecule has 1 N–H and O–H groups in total. The van der Waals surface area contributed by atoms with Crippen LogP contribution in [0.25, 0.3) is 6.08 Å². The van der Waals surface area contributed by atoms with Gasteiger partial charge in [0.15, 0.2) is 0 Å². The zero-order chi connectivity index (χ0) is 10.8. The molecular formula is C10H12N2O3. The lowest BCUT2D eigenvalue weighted by Crippen LogP contribution is -2.22. The molecule has 1 heterocycles. The van der Waals surface area contributed by atoms with Gasteiger partial charge in [0.25, 0.3) is 11.6 Å². The third-order valence-corrected chi connectivity index (χ3v) is 2.39. The first-order valence-electron chi connectivity index (χ1n) is 4.63. The average molecular weight is 208 g/mol. The number of aromatic nitrogens is 2. The van der Waals surface area contributed by atoms with Crippen molar-refractivity contribution in [3.8, 4) is 6.01 Å². The van der Waals surface area contributed by atoms with Gasteiger partial charge < -0.3 is 9.47 Å². The molecule has 1 atom stereocenters. The monoisotopic (exact) mass is 208 g/mol. The fourth-order valence-electron chi connectivity index (χ4n) is 1.65. The highest BCUT2D eigenvalue weighted by atomic mass is 16.5. The minimum absolute atomic E-state index is 0.201. The SMILES string of the molecule is COc1nc2c(c(=O)[nH]1)C(OC)CC=C2. The summed E-state index contributed by atoms with van der Waals surface area (Å²) in [5.41, 5.74) is 0.988. The van der Waals surface area contributed by atoms with Gasteiger partial charge in [0.05, 0.1) is 24.5 Å². The van der Waals surface area contributed by atoms with E-state index in [9.17, 15) is 4.79 Å². The molecule has 0 radical (unpaired) electrons. The lowest BCUT2D eigenvalue weighted by Gasteiger charge is -2.18. The summed E-state index contributed by atoms with van der Waals surface area (Å²) in [6, 6.07) is 0.222. The number of rotatable bonds is 2. The molecule has 0 aromatic carbocycles. The van der Waals surface area contributed by atoms with Crippen LogP contribution in [-0.2, 0) is 4.74 Å². The predicted octanol–water partition coefficient (Wildman–Crippen LogP) is 0.883. The fourth-order valence-corrected chi connectivity index (χ4v) is 1.65. The lowest BCUT2D eigenvalue weighted by atomic mass is 10.0. The minimum Gasteiger partial charge on any atom is -0.468 e. The van der Waals surface area contributed by atoms with Crippen molar-refractivity contribution in [2.45, 2.75) is 12.5 Å². The Bertz CT molecular complexity index is 450. The van der Waals surface area contributed by atoms with Crippen molar-refractivity contribution in [1.82, 2.24) is 9.97 Å². The quantitative estimate of drug-likeness (QED) is 0.783. The molecule has 1 aromatic rings. The molecule has 5 heteroatoms. The van der Waals surface area contributed by atoms with Crippen LogP contribution in [0.1, 0.15) is 23.8 Å². The molecule has 1 aromatic heterocycles. The van der Waals surface area contributed by atoms with Gasteiger partial charge in [-0.05, 0) is 12.5 Å². The van der Waals surface area contributed by atoms with Crippen LogP contribution in [0.2, 0.25) is 0 Å². The summed E-state index contributed by atoms with van der Waals surface area (Å²) < 4.78 is 10.1. The molecule has 0 spiro atoms. The van der Waals surface area contributed by atoms with Crippen LogP contribution >= 0.6 is 0 Å². The van der Waals surface area contributed by atoms with Gasteiger partial charge >= 0.3 is 0 Å². The van der Waals surface area contributed by atoms with Crippen molar-refractivity contribution in [2.75, 3.05) is 14.2 Å². The normalized spacial score (nSPS) is 18.7. The largest absolute Gasteiger partial charge is 0.468 e. The van der Waals surface area contributed by atoms with Crippen LogP contribution in [0.3, 0.4) is 0 Å². The van der Waals surface area contributed by atoms with Crippen LogP contribution in [0.15, 0.2) is 10.9 Å². The summed E-state index contributed by atoms with van der Waals surface area (Å²) in [7, 11) is 3.04. The Hall–Kier alpha value is -1.62. The van der Waals surface area contributed by atoms with Crippen molar-refractivity contribution in [3.63, 3.8) is 0 Å². The number of fused-ring (bicyclic) bond motifs is 1. The van der Waals surface area contributed by atoms with Crippen molar-refractivity contribution in [1.29, 1.82) is 0 Å². The van der Waals surface area contributed by atoms with Gasteiger partial charge in [-0.15, -0.1) is 0 Å². The molecule has 0 fully saturated rings. The number of hydrogen-bond donors (Lipinski definition) is 1. The Morgan fingerprint density at radius 3 is 3.00 bits per heavy atom. The molecule has 15 heavy (non-hydrogen) atoms. The van der Waals surface area contributed by atoms with Gasteiger partial charge in [-0.3, -0.25) is 9.78 Å². The highest BCUT2D eigenvalue weighted by molar-refractivity contribution is 5.52. The minimum atomic E-state index is -0.216. The zero-order valence-electron chi connectivity index (χ0n) is 8.61. The van der Waals surface area contributed by atoms with E-state index in [4.69, 9.17) is 9.47 Å². The zero-order valence-corrected chi connectivity index (χ0v) is 8.61. The Balaban J connectivity index is 2.59. The smallest absolute Gasteiger partial charge is 0.296 e. The maximum atomic E-state index is 11.7. The third kappa shape index (κ3) is 1.66. The van der Waals surface area contributed by atoms with E-state index >= 15 is 0 Å². The second-order valence-electron chi connectivity index (χ2n) is 3.24. The average Bonchev–Trinajstić information content (AvgIpc) is 2.27. The highest BCUT2D eigenvalue weighted by Gasteiger charge is 2.22. The topological polar surface area (TPSA) is 64.2 Å². The van der Waals surface area contributed by atoms with Crippen LogP contribution in [0, 0.1) is 0 Å². The van der Waals surface area contributed by atoms with E-state index < -0.39 is 0 Å². The van der Waals surface area contributed by atoms with Crippen molar-refractivity contribution >= 4 is 6.08 Å². The molecule has 0 saturated heterocycles. The van der Waals surface area contributed by atoms with E-state index in [1.807, 2.05) is 12.2 Å². The summed E-state index contributed by atoms with van der Waals surface area (Å²) in [6.45, 7) is 0. The van der Waals surface area contributed by atoms with E-state index in [1.54, 1.807) is 7.11 Å². The van der Waals surface area contributed by atoms with Crippen molar-refractivity contribution in [3.05, 3.63) is 27.7 Å². The van der Waals surface area contributed by atoms with Gasteiger partial charge in [-0.1, -0.05) is 6.08 Å². The summed E-state index contributed by atoms with van der Waals surface area (Å²) in [4.78, 5) is 18.4. The number of methoxy groups -OCH3 is 2. The lowest BCUT2D eigenvalue weighted by molar-refractivity contribution is 0.103. The van der Waals surface area contributed by atoms with Crippen LogP contribution in [0.5, 0.6) is 6.01 Å². The maximum Gasteiger partial charge on any atom is 0.296 e. The van der Waals surface area contributed by atoms with Gasteiger partial charge in [0.2, 0.25) is 0 Å². The van der Waals surface area contributed by atoms with Gasteiger partial charge in [-0.2, -0.15) is 4.98 Å². The van der Waals surface area contributed by atoms with Crippen molar-refractivity contribution < 1.29 is 9.47 Å². The fraction of sp³-hybridized carbons (Fsp3) is 0.400. The Kier molecular flexibility index (Phi) is 2.55. The Morgan fingerprint density at radius 1 is 1.53 bits per heavy atom. The Morgan fingerprint density at radius 2 is 2.33 bits per heavy atom. The standard InChI is InChI=1S/C10H12N2O3/c1-14-7-5-3-4-6-8(7)9(13)12-10(11-6)15-2/h3-4,7H,5H2,1-2H3,(H,11,12,13). The van der Waals surface area contributed by atoms with E-state index in [0.717, 1.165) is 0 Å². The molecule has 5 nitrogen and oxygen atoms in total. The van der Waals surface area contributed by atoms with Crippen LogP contribution < -0.4 is 10.3 Å². The van der Waals surface area contributed by atoms with E-state index in [1.165, 1.54) is 7.11 Å². The molecule has 1 unspecified atom stereocenters. The van der Waals surface area contributed by atoms with Gasteiger partial charge in [0.1, 0.15) is 0 Å². The number of nitrogens with one attached hydrogen (secondary N) is 1. The van der Waals surface area contributed by atoms with Crippen molar-refractivity contribution in [2.24, 2.45) is 0 Å². The molecule has 0 aliphatic heterocycles.